The average molecular weight is 335 g/mol. The zero-order valence-corrected chi connectivity index (χ0v) is 13.5. The average Bonchev–Trinajstić information content (AvgIpc) is 3.02. The summed E-state index contributed by atoms with van der Waals surface area (Å²) in [7, 11) is 0. The fourth-order valence-electron chi connectivity index (χ4n) is 3.06. The lowest BCUT2D eigenvalue weighted by Gasteiger charge is -2.29. The molecule has 0 unspecified atom stereocenters. The van der Waals surface area contributed by atoms with Crippen LogP contribution in [0.5, 0.6) is 0 Å². The quantitative estimate of drug-likeness (QED) is 0.667. The molecule has 0 aromatic heterocycles. The van der Waals surface area contributed by atoms with E-state index in [1.807, 2.05) is 6.92 Å². The summed E-state index contributed by atoms with van der Waals surface area (Å²) in [4.78, 5) is 36.0. The van der Waals surface area contributed by atoms with E-state index in [9.17, 15) is 19.7 Å². The first-order valence-electron chi connectivity index (χ1n) is 7.38. The van der Waals surface area contributed by atoms with Crippen LogP contribution in [0.2, 0.25) is 0 Å². The molecule has 7 nitrogen and oxygen atoms in total. The predicted molar refractivity (Wildman–Crippen MR) is 85.7 cm³/mol. The minimum absolute atomic E-state index is 0.0192. The monoisotopic (exact) mass is 335 g/mol. The minimum atomic E-state index is -0.460. The van der Waals surface area contributed by atoms with Crippen LogP contribution < -0.4 is 5.32 Å². The molecule has 2 saturated heterocycles. The Morgan fingerprint density at radius 1 is 1.48 bits per heavy atom. The Labute approximate surface area is 137 Å². The summed E-state index contributed by atoms with van der Waals surface area (Å²) in [6.45, 7) is 2.29. The van der Waals surface area contributed by atoms with Crippen molar-refractivity contribution in [3.63, 3.8) is 0 Å². The molecule has 1 aromatic carbocycles. The number of benzene rings is 1. The zero-order chi connectivity index (χ0) is 16.6. The van der Waals surface area contributed by atoms with E-state index in [0.717, 1.165) is 12.0 Å². The van der Waals surface area contributed by atoms with Gasteiger partial charge < -0.3 is 10.2 Å². The predicted octanol–water partition coefficient (Wildman–Crippen LogP) is 1.66. The van der Waals surface area contributed by atoms with Gasteiger partial charge in [0.05, 0.1) is 9.79 Å². The number of fused-ring (bicyclic) bond motifs is 1. The van der Waals surface area contributed by atoms with Crippen molar-refractivity contribution >= 4 is 29.3 Å². The summed E-state index contributed by atoms with van der Waals surface area (Å²) in [5.74, 6) is 0.469. The first-order valence-corrected chi connectivity index (χ1v) is 8.36. The molecule has 2 amide bonds. The van der Waals surface area contributed by atoms with Crippen molar-refractivity contribution in [2.45, 2.75) is 37.2 Å². The lowest BCUT2D eigenvalue weighted by molar-refractivity contribution is -0.384. The molecule has 2 aliphatic heterocycles. The van der Waals surface area contributed by atoms with Gasteiger partial charge in [-0.05, 0) is 18.9 Å². The molecule has 8 heteroatoms. The van der Waals surface area contributed by atoms with Gasteiger partial charge in [-0.1, -0.05) is 12.1 Å². The molecule has 0 spiro atoms. The summed E-state index contributed by atoms with van der Waals surface area (Å²) >= 11 is 1.65. The molecule has 0 aliphatic carbocycles. The van der Waals surface area contributed by atoms with Crippen molar-refractivity contribution in [1.29, 1.82) is 0 Å². The van der Waals surface area contributed by atoms with Gasteiger partial charge in [-0.2, -0.15) is 0 Å². The second-order valence-electron chi connectivity index (χ2n) is 5.91. The van der Waals surface area contributed by atoms with E-state index in [4.69, 9.17) is 0 Å². The number of amides is 2. The Morgan fingerprint density at radius 3 is 2.83 bits per heavy atom. The van der Waals surface area contributed by atoms with Gasteiger partial charge in [-0.15, -0.1) is 11.8 Å². The Bertz CT molecular complexity index is 663. The van der Waals surface area contributed by atoms with Gasteiger partial charge in [0.1, 0.15) is 6.04 Å². The molecule has 2 aliphatic rings. The number of nitro benzene ring substituents is 1. The largest absolute Gasteiger partial charge is 0.350 e. The lowest BCUT2D eigenvalue weighted by atomic mass is 10.2. The summed E-state index contributed by atoms with van der Waals surface area (Å²) in [5.41, 5.74) is 0.802. The molecule has 2 heterocycles. The highest BCUT2D eigenvalue weighted by atomic mass is 32.2. The number of carbonyl (C=O) groups is 2. The standard InChI is InChI=1S/C15H17N3O4S/c1-15-7-6-13(19)17(15)12(9-23-15)14(20)16-8-10-2-4-11(5-3-10)18(21)22/h2-5,12H,6-9H2,1H3,(H,16,20)/t12-,15-/m1/s1. The first kappa shape index (κ1) is 15.8. The number of nitro groups is 1. The Hall–Kier alpha value is -2.09. The number of hydrogen-bond acceptors (Lipinski definition) is 5. The van der Waals surface area contributed by atoms with Crippen LogP contribution in [-0.4, -0.2) is 38.3 Å². The van der Waals surface area contributed by atoms with Gasteiger partial charge in [-0.3, -0.25) is 19.7 Å². The van der Waals surface area contributed by atoms with Crippen LogP contribution >= 0.6 is 11.8 Å². The number of nitrogens with one attached hydrogen (secondary N) is 1. The number of hydrogen-bond donors (Lipinski definition) is 1. The third-order valence-corrected chi connectivity index (χ3v) is 5.87. The molecule has 2 atom stereocenters. The van der Waals surface area contributed by atoms with E-state index < -0.39 is 11.0 Å². The van der Waals surface area contributed by atoms with E-state index in [1.165, 1.54) is 12.1 Å². The van der Waals surface area contributed by atoms with Crippen LogP contribution in [-0.2, 0) is 16.1 Å². The van der Waals surface area contributed by atoms with Crippen LogP contribution in [0.15, 0.2) is 24.3 Å². The molecule has 1 N–H and O–H groups in total. The maximum Gasteiger partial charge on any atom is 0.269 e. The number of non-ortho nitro benzene ring substituents is 1. The van der Waals surface area contributed by atoms with Crippen LogP contribution in [0, 0.1) is 10.1 Å². The second-order valence-corrected chi connectivity index (χ2v) is 7.41. The van der Waals surface area contributed by atoms with Gasteiger partial charge in [0.15, 0.2) is 0 Å². The molecule has 1 aromatic rings. The summed E-state index contributed by atoms with van der Waals surface area (Å²) in [5, 5.41) is 13.4. The molecule has 0 saturated carbocycles. The van der Waals surface area contributed by atoms with Crippen LogP contribution in [0.25, 0.3) is 0 Å². The molecule has 122 valence electrons. The van der Waals surface area contributed by atoms with Crippen molar-refractivity contribution in [3.05, 3.63) is 39.9 Å². The van der Waals surface area contributed by atoms with E-state index >= 15 is 0 Å². The SMILES string of the molecule is C[C@@]12CCC(=O)N1[C@@H](C(=O)NCc1ccc([N+](=O)[O-])cc1)CS2. The molecule has 0 bridgehead atoms. The molecule has 0 radical (unpaired) electrons. The van der Waals surface area contributed by atoms with Gasteiger partial charge in [-0.25, -0.2) is 0 Å². The Kier molecular flexibility index (Phi) is 4.01. The molecule has 2 fully saturated rings. The molecule has 23 heavy (non-hydrogen) atoms. The third-order valence-electron chi connectivity index (χ3n) is 4.36. The van der Waals surface area contributed by atoms with E-state index in [2.05, 4.69) is 5.32 Å². The van der Waals surface area contributed by atoms with Crippen LogP contribution in [0.4, 0.5) is 5.69 Å². The fourth-order valence-corrected chi connectivity index (χ4v) is 4.49. The van der Waals surface area contributed by atoms with Crippen molar-refractivity contribution < 1.29 is 14.5 Å². The maximum atomic E-state index is 12.4. The van der Waals surface area contributed by atoms with E-state index in [0.29, 0.717) is 12.2 Å². The minimum Gasteiger partial charge on any atom is -0.350 e. The van der Waals surface area contributed by atoms with Gasteiger partial charge in [0.2, 0.25) is 11.8 Å². The summed E-state index contributed by atoms with van der Waals surface area (Å²) in [6, 6.07) is 5.62. The lowest BCUT2D eigenvalue weighted by Crippen LogP contribution is -2.49. The van der Waals surface area contributed by atoms with Crippen molar-refractivity contribution in [1.82, 2.24) is 10.2 Å². The van der Waals surface area contributed by atoms with Crippen molar-refractivity contribution in [3.8, 4) is 0 Å². The number of thioether (sulfide) groups is 1. The number of nitrogens with zero attached hydrogens (tertiary/aromatic N) is 2. The highest BCUT2D eigenvalue weighted by molar-refractivity contribution is 8.01. The highest BCUT2D eigenvalue weighted by Crippen LogP contribution is 2.47. The first-order chi connectivity index (χ1) is 10.9. The Morgan fingerprint density at radius 2 is 2.17 bits per heavy atom. The second kappa shape index (κ2) is 5.84. The zero-order valence-electron chi connectivity index (χ0n) is 12.7. The van der Waals surface area contributed by atoms with E-state index in [1.54, 1.807) is 28.8 Å². The van der Waals surface area contributed by atoms with Gasteiger partial charge >= 0.3 is 0 Å². The molecular formula is C15H17N3O4S. The van der Waals surface area contributed by atoms with Crippen molar-refractivity contribution in [2.75, 3.05) is 5.75 Å². The normalized spacial score (nSPS) is 26.2. The number of rotatable bonds is 4. The van der Waals surface area contributed by atoms with Gasteiger partial charge in [0.25, 0.3) is 5.69 Å². The topological polar surface area (TPSA) is 92.6 Å². The fraction of sp³-hybridized carbons (Fsp3) is 0.467. The highest BCUT2D eigenvalue weighted by Gasteiger charge is 2.52. The van der Waals surface area contributed by atoms with E-state index in [-0.39, 0.29) is 28.9 Å². The third kappa shape index (κ3) is 2.90. The Balaban J connectivity index is 1.61. The summed E-state index contributed by atoms with van der Waals surface area (Å²) < 4.78 is 0. The van der Waals surface area contributed by atoms with Crippen molar-refractivity contribution in [2.24, 2.45) is 0 Å². The smallest absolute Gasteiger partial charge is 0.269 e. The molecular weight excluding hydrogens is 318 g/mol. The number of carbonyl (C=O) groups excluding carboxylic acids is 2. The van der Waals surface area contributed by atoms with Gasteiger partial charge in [0, 0.05) is 30.9 Å². The summed E-state index contributed by atoms with van der Waals surface area (Å²) in [6.07, 6.45) is 1.28. The maximum absolute atomic E-state index is 12.4. The van der Waals surface area contributed by atoms with Crippen LogP contribution in [0.3, 0.4) is 0 Å². The van der Waals surface area contributed by atoms with Crippen LogP contribution in [0.1, 0.15) is 25.3 Å². The molecule has 3 rings (SSSR count).